The van der Waals surface area contributed by atoms with Gasteiger partial charge in [-0.25, -0.2) is 0 Å². The zero-order valence-corrected chi connectivity index (χ0v) is 16.0. The van der Waals surface area contributed by atoms with E-state index in [2.05, 4.69) is 22.6 Å². The first-order valence-electron chi connectivity index (χ1n) is 7.40. The lowest BCUT2D eigenvalue weighted by molar-refractivity contribution is 0.0721. The Kier molecular flexibility index (Phi) is 5.99. The summed E-state index contributed by atoms with van der Waals surface area (Å²) >= 11 is 2.09. The van der Waals surface area contributed by atoms with Crippen LogP contribution in [-0.2, 0) is 0 Å². The average Bonchev–Trinajstić information content (AvgIpc) is 2.66. The average molecular weight is 438 g/mol. The summed E-state index contributed by atoms with van der Waals surface area (Å²) in [6.07, 6.45) is 0. The summed E-state index contributed by atoms with van der Waals surface area (Å²) in [5, 5.41) is 0. The van der Waals surface area contributed by atoms with Crippen LogP contribution in [0.25, 0.3) is 0 Å². The Hall–Kier alpha value is -1.89. The van der Waals surface area contributed by atoms with E-state index in [4.69, 9.17) is 9.47 Å². The number of ether oxygens (including phenoxy) is 2. The number of ketones is 2. The monoisotopic (exact) mass is 438 g/mol. The van der Waals surface area contributed by atoms with E-state index in [0.717, 1.165) is 0 Å². The predicted octanol–water partition coefficient (Wildman–Crippen LogP) is 4.21. The molecule has 126 valence electrons. The second kappa shape index (κ2) is 7.79. The van der Waals surface area contributed by atoms with Crippen LogP contribution in [0.15, 0.2) is 48.5 Å². The van der Waals surface area contributed by atoms with Crippen LogP contribution in [0.1, 0.15) is 27.6 Å². The van der Waals surface area contributed by atoms with E-state index in [-0.39, 0.29) is 11.6 Å². The fraction of sp³-hybridized carbons (Fsp3) is 0.263. The molecule has 0 fully saturated rings. The van der Waals surface area contributed by atoms with Gasteiger partial charge in [0, 0.05) is 15.6 Å². The van der Waals surface area contributed by atoms with Gasteiger partial charge in [-0.2, -0.15) is 0 Å². The van der Waals surface area contributed by atoms with Gasteiger partial charge in [0.15, 0.2) is 11.6 Å². The summed E-state index contributed by atoms with van der Waals surface area (Å²) in [6.45, 7) is 1.69. The smallest absolute Gasteiger partial charge is 0.177 e. The Morgan fingerprint density at radius 1 is 0.833 bits per heavy atom. The van der Waals surface area contributed by atoms with Crippen molar-refractivity contribution in [2.24, 2.45) is 5.41 Å². The summed E-state index contributed by atoms with van der Waals surface area (Å²) < 4.78 is 10.6. The molecule has 0 unspecified atom stereocenters. The van der Waals surface area contributed by atoms with Gasteiger partial charge in [-0.15, -0.1) is 0 Å². The van der Waals surface area contributed by atoms with Crippen molar-refractivity contribution in [2.45, 2.75) is 6.92 Å². The number of Topliss-reactive ketones (excluding diaryl/α,β-unsaturated/α-hetero) is 2. The molecule has 0 bridgehead atoms. The Balaban J connectivity index is 2.33. The predicted molar refractivity (Wildman–Crippen MR) is 102 cm³/mol. The van der Waals surface area contributed by atoms with Crippen molar-refractivity contribution < 1.29 is 19.1 Å². The highest BCUT2D eigenvalue weighted by Gasteiger charge is 2.40. The number of alkyl halides is 1. The minimum atomic E-state index is -1.12. The summed E-state index contributed by atoms with van der Waals surface area (Å²) in [7, 11) is 3.14. The molecule has 0 aliphatic carbocycles. The second-order valence-electron chi connectivity index (χ2n) is 5.58. The highest BCUT2D eigenvalue weighted by molar-refractivity contribution is 14.1. The molecule has 0 N–H and O–H groups in total. The minimum absolute atomic E-state index is 0.194. The maximum atomic E-state index is 12.9. The van der Waals surface area contributed by atoms with Crippen molar-refractivity contribution >= 4 is 34.2 Å². The van der Waals surface area contributed by atoms with Gasteiger partial charge in [-0.3, -0.25) is 9.59 Å². The molecule has 24 heavy (non-hydrogen) atoms. The van der Waals surface area contributed by atoms with E-state index in [0.29, 0.717) is 27.1 Å². The molecule has 2 aromatic rings. The molecule has 0 saturated carbocycles. The number of halogens is 1. The number of hydrogen-bond donors (Lipinski definition) is 0. The van der Waals surface area contributed by atoms with E-state index in [1.807, 2.05) is 0 Å². The highest BCUT2D eigenvalue weighted by Crippen LogP contribution is 2.31. The summed E-state index contributed by atoms with van der Waals surface area (Å²) in [5.74, 6) is 0.953. The number of carbonyl (C=O) groups excluding carboxylic acids is 2. The molecule has 2 rings (SSSR count). The van der Waals surface area contributed by atoms with Crippen LogP contribution in [0.2, 0.25) is 0 Å². The third-order valence-electron chi connectivity index (χ3n) is 3.97. The molecule has 0 radical (unpaired) electrons. The number of rotatable bonds is 7. The van der Waals surface area contributed by atoms with Crippen molar-refractivity contribution in [3.8, 4) is 11.5 Å². The molecule has 5 heteroatoms. The lowest BCUT2D eigenvalue weighted by atomic mass is 9.78. The number of hydrogen-bond acceptors (Lipinski definition) is 4. The van der Waals surface area contributed by atoms with Gasteiger partial charge in [0.25, 0.3) is 0 Å². The largest absolute Gasteiger partial charge is 0.497 e. The Labute approximate surface area is 155 Å². The van der Waals surface area contributed by atoms with Gasteiger partial charge < -0.3 is 9.47 Å². The molecule has 0 atom stereocenters. The maximum absolute atomic E-state index is 12.9. The quantitative estimate of drug-likeness (QED) is 0.281. The van der Waals surface area contributed by atoms with Gasteiger partial charge in [0.1, 0.15) is 16.9 Å². The molecular formula is C19H19IO4. The maximum Gasteiger partial charge on any atom is 0.177 e. The third kappa shape index (κ3) is 3.61. The van der Waals surface area contributed by atoms with E-state index >= 15 is 0 Å². The Morgan fingerprint density at radius 2 is 1.17 bits per heavy atom. The second-order valence-corrected chi connectivity index (χ2v) is 6.34. The number of carbonyl (C=O) groups is 2. The normalized spacial score (nSPS) is 11.0. The van der Waals surface area contributed by atoms with Gasteiger partial charge in [-0.05, 0) is 55.5 Å². The van der Waals surface area contributed by atoms with Gasteiger partial charge >= 0.3 is 0 Å². The Bertz CT molecular complexity index is 661. The molecule has 4 nitrogen and oxygen atoms in total. The van der Waals surface area contributed by atoms with Gasteiger partial charge in [0.2, 0.25) is 0 Å². The van der Waals surface area contributed by atoms with Gasteiger partial charge in [0.05, 0.1) is 14.2 Å². The summed E-state index contributed by atoms with van der Waals surface area (Å²) in [6, 6.07) is 13.6. The van der Waals surface area contributed by atoms with Crippen molar-refractivity contribution in [1.29, 1.82) is 0 Å². The first-order valence-corrected chi connectivity index (χ1v) is 8.92. The molecule has 0 amide bonds. The molecule has 0 spiro atoms. The van der Waals surface area contributed by atoms with Crippen molar-refractivity contribution in [2.75, 3.05) is 18.6 Å². The zero-order chi connectivity index (χ0) is 17.7. The zero-order valence-electron chi connectivity index (χ0n) is 13.8. The summed E-state index contributed by atoms with van der Waals surface area (Å²) in [5.41, 5.74) is -0.127. The standard InChI is InChI=1S/C19H19IO4/c1-19(12-20,17(21)13-4-8-15(23-2)9-5-13)18(22)14-6-10-16(24-3)11-7-14/h4-11H,12H2,1-3H3. The van der Waals surface area contributed by atoms with Crippen molar-refractivity contribution in [3.05, 3.63) is 59.7 Å². The molecule has 2 aromatic carbocycles. The van der Waals surface area contributed by atoms with Crippen LogP contribution < -0.4 is 9.47 Å². The highest BCUT2D eigenvalue weighted by atomic mass is 127. The van der Waals surface area contributed by atoms with E-state index in [9.17, 15) is 9.59 Å². The molecule has 0 aliphatic rings. The molecule has 0 aromatic heterocycles. The van der Waals surface area contributed by atoms with E-state index in [1.165, 1.54) is 0 Å². The lowest BCUT2D eigenvalue weighted by Crippen LogP contribution is -2.38. The Morgan fingerprint density at radius 3 is 1.42 bits per heavy atom. The molecule has 0 saturated heterocycles. The van der Waals surface area contributed by atoms with Gasteiger partial charge in [-0.1, -0.05) is 22.6 Å². The van der Waals surface area contributed by atoms with Crippen LogP contribution >= 0.6 is 22.6 Å². The van der Waals surface area contributed by atoms with Crippen LogP contribution in [-0.4, -0.2) is 30.2 Å². The van der Waals surface area contributed by atoms with Crippen molar-refractivity contribution in [1.82, 2.24) is 0 Å². The van der Waals surface area contributed by atoms with E-state index in [1.54, 1.807) is 69.7 Å². The topological polar surface area (TPSA) is 52.6 Å². The van der Waals surface area contributed by atoms with Crippen LogP contribution in [0.5, 0.6) is 11.5 Å². The number of methoxy groups -OCH3 is 2. The molecule has 0 heterocycles. The molecular weight excluding hydrogens is 419 g/mol. The first-order chi connectivity index (χ1) is 11.5. The van der Waals surface area contributed by atoms with Crippen LogP contribution in [0.3, 0.4) is 0 Å². The van der Waals surface area contributed by atoms with Crippen LogP contribution in [0.4, 0.5) is 0 Å². The fourth-order valence-corrected chi connectivity index (χ4v) is 3.04. The third-order valence-corrected chi connectivity index (χ3v) is 5.50. The molecule has 0 aliphatic heterocycles. The van der Waals surface area contributed by atoms with Crippen molar-refractivity contribution in [3.63, 3.8) is 0 Å². The van der Waals surface area contributed by atoms with E-state index < -0.39 is 5.41 Å². The van der Waals surface area contributed by atoms with Crippen LogP contribution in [0, 0.1) is 5.41 Å². The fourth-order valence-electron chi connectivity index (χ4n) is 2.35. The summed E-state index contributed by atoms with van der Waals surface area (Å²) in [4.78, 5) is 25.9. The number of benzene rings is 2. The SMILES string of the molecule is COc1ccc(C(=O)C(C)(CI)C(=O)c2ccc(OC)cc2)cc1. The first kappa shape index (κ1) is 18.4. The minimum Gasteiger partial charge on any atom is -0.497 e. The lowest BCUT2D eigenvalue weighted by Gasteiger charge is -2.24.